The van der Waals surface area contributed by atoms with Gasteiger partial charge in [-0.15, -0.1) is 11.3 Å². The number of nitrogens with zero attached hydrogens (tertiary/aromatic N) is 1. The van der Waals surface area contributed by atoms with Gasteiger partial charge in [0.1, 0.15) is 5.75 Å². The van der Waals surface area contributed by atoms with Gasteiger partial charge in [0, 0.05) is 5.56 Å². The predicted octanol–water partition coefficient (Wildman–Crippen LogP) is 3.00. The molecular weight excluding hydrogens is 244 g/mol. The summed E-state index contributed by atoms with van der Waals surface area (Å²) in [6, 6.07) is 12.7. The first kappa shape index (κ1) is 10.2. The molecule has 3 heterocycles. The molecule has 1 aromatic carbocycles. The molecule has 0 spiro atoms. The van der Waals surface area contributed by atoms with Crippen molar-refractivity contribution in [3.63, 3.8) is 0 Å². The maximum absolute atomic E-state index is 5.74. The van der Waals surface area contributed by atoms with Crippen LogP contribution in [0, 0.1) is 0 Å². The summed E-state index contributed by atoms with van der Waals surface area (Å²) < 4.78 is 5.74. The first-order chi connectivity index (χ1) is 8.92. The number of para-hydroxylation sites is 1. The smallest absolute Gasteiger partial charge is 0.159 e. The topological polar surface area (TPSA) is 24.5 Å². The molecule has 4 rings (SSSR count). The Labute approximate surface area is 109 Å². The van der Waals surface area contributed by atoms with Gasteiger partial charge >= 0.3 is 0 Å². The van der Waals surface area contributed by atoms with Crippen LogP contribution in [-0.2, 0) is 0 Å². The minimum absolute atomic E-state index is 0.270. The Kier molecular flexibility index (Phi) is 2.18. The molecule has 0 saturated heterocycles. The highest BCUT2D eigenvalue weighted by Crippen LogP contribution is 2.39. The van der Waals surface area contributed by atoms with Crippen LogP contribution in [0.25, 0.3) is 5.70 Å². The normalized spacial score (nSPS) is 21.6. The van der Waals surface area contributed by atoms with Crippen molar-refractivity contribution in [1.29, 1.82) is 0 Å². The molecule has 2 aromatic rings. The molecule has 1 N–H and O–H groups in total. The summed E-state index contributed by atoms with van der Waals surface area (Å²) in [7, 11) is 0. The van der Waals surface area contributed by atoms with E-state index < -0.39 is 0 Å². The summed E-state index contributed by atoms with van der Waals surface area (Å²) in [5, 5.41) is 4.22. The average Bonchev–Trinajstić information content (AvgIpc) is 3.07. The van der Waals surface area contributed by atoms with E-state index in [2.05, 4.69) is 46.2 Å². The van der Waals surface area contributed by atoms with Crippen LogP contribution in [0.1, 0.15) is 16.5 Å². The van der Waals surface area contributed by atoms with Gasteiger partial charge in [-0.1, -0.05) is 24.3 Å². The lowest BCUT2D eigenvalue weighted by Gasteiger charge is -2.31. The van der Waals surface area contributed by atoms with E-state index >= 15 is 0 Å². The highest BCUT2D eigenvalue weighted by Gasteiger charge is 2.32. The van der Waals surface area contributed by atoms with Gasteiger partial charge in [-0.2, -0.15) is 5.01 Å². The van der Waals surface area contributed by atoms with Crippen molar-refractivity contribution in [2.24, 2.45) is 0 Å². The summed E-state index contributed by atoms with van der Waals surface area (Å²) >= 11 is 1.75. The van der Waals surface area contributed by atoms with E-state index in [1.165, 1.54) is 16.1 Å². The quantitative estimate of drug-likeness (QED) is 0.849. The van der Waals surface area contributed by atoms with Crippen molar-refractivity contribution >= 4 is 17.0 Å². The Bertz CT molecular complexity index is 606. The maximum Gasteiger partial charge on any atom is 0.159 e. The summed E-state index contributed by atoms with van der Waals surface area (Å²) in [6.45, 7) is 0.576. The van der Waals surface area contributed by atoms with Crippen LogP contribution in [0.5, 0.6) is 5.75 Å². The van der Waals surface area contributed by atoms with Gasteiger partial charge in [0.15, 0.2) is 6.73 Å². The lowest BCUT2D eigenvalue weighted by Crippen LogP contribution is -2.39. The van der Waals surface area contributed by atoms with Crippen molar-refractivity contribution in [3.05, 3.63) is 58.3 Å². The third-order valence-corrected chi connectivity index (χ3v) is 4.21. The van der Waals surface area contributed by atoms with Crippen molar-refractivity contribution < 1.29 is 4.74 Å². The number of thiophene rings is 1. The van der Waals surface area contributed by atoms with Crippen molar-refractivity contribution in [2.75, 3.05) is 6.73 Å². The number of hydrazine groups is 1. The second-order valence-electron chi connectivity index (χ2n) is 4.40. The van der Waals surface area contributed by atoms with Gasteiger partial charge in [0.05, 0.1) is 16.6 Å². The molecule has 90 valence electrons. The van der Waals surface area contributed by atoms with Crippen LogP contribution < -0.4 is 10.2 Å². The molecule has 0 radical (unpaired) electrons. The summed E-state index contributed by atoms with van der Waals surface area (Å²) in [4.78, 5) is 1.27. The molecular formula is C14H12N2OS. The fraction of sp³-hybridized carbons (Fsp3) is 0.143. The first-order valence-corrected chi connectivity index (χ1v) is 6.80. The highest BCUT2D eigenvalue weighted by molar-refractivity contribution is 7.11. The molecule has 0 aliphatic carbocycles. The van der Waals surface area contributed by atoms with Crippen molar-refractivity contribution in [2.45, 2.75) is 6.04 Å². The molecule has 0 saturated carbocycles. The van der Waals surface area contributed by atoms with Crippen molar-refractivity contribution in [1.82, 2.24) is 10.4 Å². The average molecular weight is 256 g/mol. The van der Waals surface area contributed by atoms with Crippen LogP contribution in [-0.4, -0.2) is 11.7 Å². The number of hydrogen-bond donors (Lipinski definition) is 1. The number of benzene rings is 1. The van der Waals surface area contributed by atoms with Gasteiger partial charge in [0.25, 0.3) is 0 Å². The minimum atomic E-state index is 0.270. The van der Waals surface area contributed by atoms with E-state index in [-0.39, 0.29) is 6.04 Å². The Morgan fingerprint density at radius 3 is 3.06 bits per heavy atom. The summed E-state index contributed by atoms with van der Waals surface area (Å²) in [5.74, 6) is 0.990. The molecule has 18 heavy (non-hydrogen) atoms. The Hall–Kier alpha value is -1.78. The lowest BCUT2D eigenvalue weighted by molar-refractivity contribution is 0.0596. The zero-order valence-electron chi connectivity index (χ0n) is 9.67. The maximum atomic E-state index is 5.74. The highest BCUT2D eigenvalue weighted by atomic mass is 32.1. The van der Waals surface area contributed by atoms with Gasteiger partial charge in [0.2, 0.25) is 0 Å². The van der Waals surface area contributed by atoms with Gasteiger partial charge in [-0.25, -0.2) is 0 Å². The van der Waals surface area contributed by atoms with Crippen LogP contribution in [0.3, 0.4) is 0 Å². The molecule has 2 aliphatic heterocycles. The van der Waals surface area contributed by atoms with Crippen LogP contribution in [0.2, 0.25) is 0 Å². The number of nitrogens with one attached hydrogen (secondary N) is 1. The Morgan fingerprint density at radius 1 is 1.22 bits per heavy atom. The third kappa shape index (κ3) is 1.46. The molecule has 3 nitrogen and oxygen atoms in total. The van der Waals surface area contributed by atoms with E-state index in [9.17, 15) is 0 Å². The molecule has 0 amide bonds. The molecule has 4 heteroatoms. The molecule has 0 fully saturated rings. The van der Waals surface area contributed by atoms with Gasteiger partial charge in [-0.3, -0.25) is 0 Å². The van der Waals surface area contributed by atoms with Crippen LogP contribution >= 0.6 is 11.3 Å². The number of ether oxygens (including phenoxy) is 1. The fourth-order valence-corrected chi connectivity index (χ4v) is 3.15. The second kappa shape index (κ2) is 3.86. The van der Waals surface area contributed by atoms with Crippen molar-refractivity contribution in [3.8, 4) is 5.75 Å². The van der Waals surface area contributed by atoms with Crippen LogP contribution in [0.4, 0.5) is 0 Å². The first-order valence-electron chi connectivity index (χ1n) is 5.92. The molecule has 1 atom stereocenters. The van der Waals surface area contributed by atoms with E-state index in [0.717, 1.165) is 5.75 Å². The Balaban J connectivity index is 1.76. The second-order valence-corrected chi connectivity index (χ2v) is 5.34. The van der Waals surface area contributed by atoms with Crippen LogP contribution in [0.15, 0.2) is 47.9 Å². The lowest BCUT2D eigenvalue weighted by atomic mass is 10.0. The SMILES string of the molecule is C1=C(c2cccs2)NN2COc3ccccc3C12. The molecule has 1 unspecified atom stereocenters. The monoisotopic (exact) mass is 256 g/mol. The van der Waals surface area contributed by atoms with E-state index in [0.29, 0.717) is 6.73 Å². The van der Waals surface area contributed by atoms with E-state index in [4.69, 9.17) is 4.74 Å². The Morgan fingerprint density at radius 2 is 2.17 bits per heavy atom. The zero-order valence-corrected chi connectivity index (χ0v) is 10.5. The van der Waals surface area contributed by atoms with E-state index in [1.54, 1.807) is 11.3 Å². The third-order valence-electron chi connectivity index (χ3n) is 3.31. The molecule has 0 bridgehead atoms. The number of rotatable bonds is 1. The summed E-state index contributed by atoms with van der Waals surface area (Å²) in [5.41, 5.74) is 5.82. The predicted molar refractivity (Wildman–Crippen MR) is 71.9 cm³/mol. The number of hydrogen-bond acceptors (Lipinski definition) is 4. The number of fused-ring (bicyclic) bond motifs is 3. The molecule has 1 aromatic heterocycles. The standard InChI is InChI=1S/C14H12N2OS/c1-2-5-13-10(4-1)12-8-11(14-6-3-7-18-14)15-16(12)9-17-13/h1-8,12,15H,9H2. The zero-order chi connectivity index (χ0) is 11.9. The minimum Gasteiger partial charge on any atom is -0.476 e. The fourth-order valence-electron chi connectivity index (χ4n) is 2.44. The van der Waals surface area contributed by atoms with Gasteiger partial charge < -0.3 is 10.2 Å². The summed E-state index contributed by atoms with van der Waals surface area (Å²) in [6.07, 6.45) is 2.27. The van der Waals surface area contributed by atoms with Gasteiger partial charge in [-0.05, 0) is 23.6 Å². The largest absolute Gasteiger partial charge is 0.476 e. The molecule has 2 aliphatic rings. The van der Waals surface area contributed by atoms with E-state index in [1.807, 2.05) is 12.1 Å².